The zero-order valence-electron chi connectivity index (χ0n) is 54.6. The number of hydrogen-bond donors (Lipinski definition) is 3. The Morgan fingerprint density at radius 3 is 0.694 bits per heavy atom. The lowest BCUT2D eigenvalue weighted by Gasteiger charge is -2.21. The molecule has 0 saturated heterocycles. The second-order valence-electron chi connectivity index (χ2n) is 23.9. The molecule has 5 atom stereocenters. The molecule has 85 heavy (non-hydrogen) atoms. The van der Waals surface area contributed by atoms with Gasteiger partial charge in [-0.25, -0.2) is 9.13 Å². The van der Waals surface area contributed by atoms with Crippen LogP contribution in [0.3, 0.4) is 0 Å². The van der Waals surface area contributed by atoms with Gasteiger partial charge in [0.15, 0.2) is 12.2 Å². The number of aliphatic hydroxyl groups excluding tert-OH is 1. The minimum atomic E-state index is -4.94. The predicted molar refractivity (Wildman–Crippen MR) is 340 cm³/mol. The molecular weight excluding hydrogens is 1130 g/mol. The van der Waals surface area contributed by atoms with Crippen molar-refractivity contribution in [1.29, 1.82) is 0 Å². The number of carbonyl (C=O) groups excluding carboxylic acids is 4. The molecule has 0 fully saturated rings. The molecule has 0 aromatic heterocycles. The minimum absolute atomic E-state index is 0.107. The summed E-state index contributed by atoms with van der Waals surface area (Å²) in [6, 6.07) is 0. The normalized spacial score (nSPS) is 14.1. The van der Waals surface area contributed by atoms with Crippen LogP contribution < -0.4 is 0 Å². The van der Waals surface area contributed by atoms with E-state index in [0.717, 1.165) is 96.3 Å². The summed E-state index contributed by atoms with van der Waals surface area (Å²) < 4.78 is 68.0. The topological polar surface area (TPSA) is 237 Å². The highest BCUT2D eigenvalue weighted by Crippen LogP contribution is 2.45. The van der Waals surface area contributed by atoms with Crippen molar-refractivity contribution < 1.29 is 80.2 Å². The van der Waals surface area contributed by atoms with Gasteiger partial charge in [0.2, 0.25) is 0 Å². The van der Waals surface area contributed by atoms with E-state index in [0.29, 0.717) is 25.7 Å². The number of aliphatic hydroxyl groups is 1. The van der Waals surface area contributed by atoms with Crippen LogP contribution in [0.25, 0.3) is 0 Å². The van der Waals surface area contributed by atoms with E-state index in [1.165, 1.54) is 167 Å². The Morgan fingerprint density at radius 1 is 0.282 bits per heavy atom. The summed E-state index contributed by atoms with van der Waals surface area (Å²) in [5.74, 6) is -2.13. The number of phosphoric ester groups is 2. The van der Waals surface area contributed by atoms with Crippen LogP contribution in [0.2, 0.25) is 0 Å². The summed E-state index contributed by atoms with van der Waals surface area (Å²) >= 11 is 0. The van der Waals surface area contributed by atoms with E-state index < -0.39 is 97.5 Å². The van der Waals surface area contributed by atoms with Crippen molar-refractivity contribution in [2.24, 2.45) is 0 Å². The summed E-state index contributed by atoms with van der Waals surface area (Å²) in [7, 11) is -9.88. The SMILES string of the molecule is CCCCCCCCCCCCCCCCCC(=O)O[C@H](COC(=O)CCCCCCCCCCCCC)COP(=O)(O)OC[C@@H](O)COP(=O)(O)OC[C@@H](COC(=O)CCCCCCCCCC)OC(=O)CCCCCCCCCCCCC. The quantitative estimate of drug-likeness (QED) is 0.0222. The van der Waals surface area contributed by atoms with Crippen LogP contribution in [0.15, 0.2) is 0 Å². The number of unbranched alkanes of at least 4 members (excludes halogenated alkanes) is 41. The molecule has 0 aliphatic rings. The Morgan fingerprint density at radius 2 is 0.471 bits per heavy atom. The molecule has 2 unspecified atom stereocenters. The highest BCUT2D eigenvalue weighted by Gasteiger charge is 2.30. The fourth-order valence-corrected chi connectivity index (χ4v) is 11.6. The monoisotopic (exact) mass is 1250 g/mol. The molecule has 504 valence electrons. The average molecular weight is 1260 g/mol. The first-order valence-corrected chi connectivity index (χ1v) is 37.8. The Balaban J connectivity index is 5.21. The summed E-state index contributed by atoms with van der Waals surface area (Å²) in [6.07, 6.45) is 47.1. The lowest BCUT2D eigenvalue weighted by Crippen LogP contribution is -2.30. The Labute approximate surface area is 517 Å². The van der Waals surface area contributed by atoms with E-state index >= 15 is 0 Å². The van der Waals surface area contributed by atoms with E-state index in [2.05, 4.69) is 27.7 Å². The molecule has 0 aliphatic heterocycles. The van der Waals surface area contributed by atoms with Crippen molar-refractivity contribution in [2.75, 3.05) is 39.6 Å². The van der Waals surface area contributed by atoms with Gasteiger partial charge in [-0.05, 0) is 25.7 Å². The number of phosphoric acid groups is 2. The van der Waals surface area contributed by atoms with E-state index in [4.69, 9.17) is 37.0 Å². The fraction of sp³-hybridized carbons (Fsp3) is 0.939. The molecule has 0 bridgehead atoms. The maximum Gasteiger partial charge on any atom is 0.472 e. The first kappa shape index (κ1) is 83.1. The molecule has 0 rings (SSSR count). The molecule has 0 aromatic carbocycles. The highest BCUT2D eigenvalue weighted by atomic mass is 31.2. The third-order valence-corrected chi connectivity index (χ3v) is 17.3. The first-order chi connectivity index (χ1) is 41.2. The van der Waals surface area contributed by atoms with Crippen LogP contribution in [0.5, 0.6) is 0 Å². The maximum absolute atomic E-state index is 13.0. The molecule has 0 spiro atoms. The van der Waals surface area contributed by atoms with Gasteiger partial charge in [-0.3, -0.25) is 37.3 Å². The van der Waals surface area contributed by atoms with Gasteiger partial charge in [-0.1, -0.05) is 291 Å². The van der Waals surface area contributed by atoms with E-state index in [1.54, 1.807) is 0 Å². The zero-order valence-corrected chi connectivity index (χ0v) is 56.4. The third kappa shape index (κ3) is 60.7. The maximum atomic E-state index is 13.0. The standard InChI is InChI=1S/C66H128O17P2/c1-5-9-13-17-21-25-28-29-30-31-34-37-41-45-49-53-66(71)83-62(57-77-64(69)51-47-43-39-35-32-26-22-18-14-10-6-2)59-81-85(74,75)79-55-60(67)54-78-84(72,73)80-58-61(56-76-63(68)50-46-42-38-24-20-16-12-8-4)82-65(70)52-48-44-40-36-33-27-23-19-15-11-7-3/h60-62,67H,5-59H2,1-4H3,(H,72,73)(H,74,75)/t60-,61+,62+/m0/s1. The first-order valence-electron chi connectivity index (χ1n) is 34.8. The smallest absolute Gasteiger partial charge is 0.462 e. The molecule has 0 aromatic rings. The van der Waals surface area contributed by atoms with Crippen molar-refractivity contribution in [3.05, 3.63) is 0 Å². The van der Waals surface area contributed by atoms with Gasteiger partial charge < -0.3 is 33.8 Å². The minimum Gasteiger partial charge on any atom is -0.462 e. The fourth-order valence-electron chi connectivity index (χ4n) is 9.99. The number of hydrogen-bond acceptors (Lipinski definition) is 15. The number of ether oxygens (including phenoxy) is 4. The van der Waals surface area contributed by atoms with Crippen molar-refractivity contribution >= 4 is 39.5 Å². The number of rotatable bonds is 67. The Kier molecular flexibility index (Phi) is 59.6. The molecule has 0 heterocycles. The van der Waals surface area contributed by atoms with Crippen molar-refractivity contribution in [3.8, 4) is 0 Å². The van der Waals surface area contributed by atoms with E-state index in [1.807, 2.05) is 0 Å². The van der Waals surface area contributed by atoms with Gasteiger partial charge in [0.25, 0.3) is 0 Å². The van der Waals surface area contributed by atoms with Crippen LogP contribution in [0, 0.1) is 0 Å². The summed E-state index contributed by atoms with van der Waals surface area (Å²) in [5.41, 5.74) is 0. The van der Waals surface area contributed by atoms with Crippen molar-refractivity contribution in [3.63, 3.8) is 0 Å². The molecule has 0 aliphatic carbocycles. The second-order valence-corrected chi connectivity index (χ2v) is 26.8. The van der Waals surface area contributed by atoms with Gasteiger partial charge in [0, 0.05) is 25.7 Å². The lowest BCUT2D eigenvalue weighted by molar-refractivity contribution is -0.161. The average Bonchev–Trinajstić information content (AvgIpc) is 3.54. The van der Waals surface area contributed by atoms with Crippen LogP contribution in [0.4, 0.5) is 0 Å². The molecular formula is C66H128O17P2. The van der Waals surface area contributed by atoms with E-state index in [9.17, 15) is 43.2 Å². The van der Waals surface area contributed by atoms with Gasteiger partial charge in [-0.15, -0.1) is 0 Å². The van der Waals surface area contributed by atoms with Crippen molar-refractivity contribution in [1.82, 2.24) is 0 Å². The summed E-state index contributed by atoms with van der Waals surface area (Å²) in [4.78, 5) is 72.2. The lowest BCUT2D eigenvalue weighted by atomic mass is 10.0. The number of esters is 4. The summed E-state index contributed by atoms with van der Waals surface area (Å²) in [6.45, 7) is 4.89. The zero-order chi connectivity index (χ0) is 62.6. The molecule has 3 N–H and O–H groups in total. The number of carbonyl (C=O) groups is 4. The van der Waals surface area contributed by atoms with Gasteiger partial charge in [0.1, 0.15) is 19.3 Å². The van der Waals surface area contributed by atoms with Gasteiger partial charge >= 0.3 is 39.5 Å². The van der Waals surface area contributed by atoms with Gasteiger partial charge in [0.05, 0.1) is 26.4 Å². The second kappa shape index (κ2) is 60.9. The summed E-state index contributed by atoms with van der Waals surface area (Å²) in [5, 5.41) is 10.5. The molecule has 19 heteroatoms. The Hall–Kier alpha value is -1.94. The largest absolute Gasteiger partial charge is 0.472 e. The third-order valence-electron chi connectivity index (χ3n) is 15.4. The van der Waals surface area contributed by atoms with Crippen LogP contribution >= 0.6 is 15.6 Å². The Bertz CT molecular complexity index is 1640. The van der Waals surface area contributed by atoms with Crippen LogP contribution in [-0.4, -0.2) is 96.7 Å². The van der Waals surface area contributed by atoms with Crippen molar-refractivity contribution in [2.45, 2.75) is 361 Å². The van der Waals surface area contributed by atoms with Gasteiger partial charge in [-0.2, -0.15) is 0 Å². The molecule has 0 saturated carbocycles. The van der Waals surface area contributed by atoms with E-state index in [-0.39, 0.29) is 25.7 Å². The molecule has 0 amide bonds. The van der Waals surface area contributed by atoms with Crippen LogP contribution in [0.1, 0.15) is 342 Å². The molecule has 17 nitrogen and oxygen atoms in total. The highest BCUT2D eigenvalue weighted by molar-refractivity contribution is 7.47. The predicted octanol–water partition coefficient (Wildman–Crippen LogP) is 18.7. The molecule has 0 radical (unpaired) electrons. The van der Waals surface area contributed by atoms with Crippen LogP contribution in [-0.2, 0) is 65.4 Å².